The Morgan fingerprint density at radius 2 is 2.24 bits per heavy atom. The Kier molecular flexibility index (Phi) is 3.27. The number of aromatic nitrogens is 5. The molecule has 0 aliphatic carbocycles. The van der Waals surface area contributed by atoms with Crippen LogP contribution in [0.3, 0.4) is 0 Å². The molecule has 0 bridgehead atoms. The summed E-state index contributed by atoms with van der Waals surface area (Å²) in [5.41, 5.74) is 0.403. The maximum absolute atomic E-state index is 13.8. The maximum atomic E-state index is 13.8. The zero-order valence-corrected chi connectivity index (χ0v) is 9.68. The maximum Gasteiger partial charge on any atom is 0.186 e. The van der Waals surface area contributed by atoms with Crippen molar-refractivity contribution in [1.29, 1.82) is 0 Å². The lowest BCUT2D eigenvalue weighted by atomic mass is 10.3. The summed E-state index contributed by atoms with van der Waals surface area (Å²) in [4.78, 5) is 7.72. The molecule has 2 aromatic heterocycles. The first kappa shape index (κ1) is 11.4. The molecule has 0 amide bonds. The molecule has 0 radical (unpaired) electrons. The van der Waals surface area contributed by atoms with Gasteiger partial charge in [0.2, 0.25) is 0 Å². The van der Waals surface area contributed by atoms with Crippen LogP contribution in [0.2, 0.25) is 0 Å². The number of hydrogen-bond donors (Lipinski definition) is 1. The highest BCUT2D eigenvalue weighted by atomic mass is 19.1. The van der Waals surface area contributed by atoms with Crippen LogP contribution in [0.1, 0.15) is 18.4 Å². The van der Waals surface area contributed by atoms with Crippen molar-refractivity contribution in [1.82, 2.24) is 24.7 Å². The van der Waals surface area contributed by atoms with E-state index >= 15 is 0 Å². The number of hydrogen-bond acceptors (Lipinski definition) is 5. The van der Waals surface area contributed by atoms with Crippen LogP contribution in [0.15, 0.2) is 12.7 Å². The van der Waals surface area contributed by atoms with Crippen LogP contribution in [0.4, 0.5) is 10.2 Å². The molecule has 2 heterocycles. The van der Waals surface area contributed by atoms with E-state index in [2.05, 4.69) is 25.5 Å². The highest BCUT2D eigenvalue weighted by Crippen LogP contribution is 2.13. The van der Waals surface area contributed by atoms with Crippen molar-refractivity contribution in [3.63, 3.8) is 0 Å². The molecular formula is C10H13FN6. The second-order valence-corrected chi connectivity index (χ2v) is 3.55. The van der Waals surface area contributed by atoms with E-state index in [1.165, 1.54) is 6.33 Å². The smallest absolute Gasteiger partial charge is 0.186 e. The molecule has 90 valence electrons. The average molecular weight is 236 g/mol. The van der Waals surface area contributed by atoms with Gasteiger partial charge in [0.25, 0.3) is 0 Å². The van der Waals surface area contributed by atoms with Gasteiger partial charge in [0.15, 0.2) is 17.5 Å². The standard InChI is InChI=1S/C10H13FN6/c1-3-7-9(11)10(14-5-13-7)12-4-8-16-15-6-17(8)2/h5-6H,3-4H2,1-2H3,(H,12,13,14). The quantitative estimate of drug-likeness (QED) is 0.854. The van der Waals surface area contributed by atoms with E-state index in [9.17, 15) is 4.39 Å². The number of nitrogens with one attached hydrogen (secondary N) is 1. The molecule has 0 saturated heterocycles. The fourth-order valence-corrected chi connectivity index (χ4v) is 1.41. The van der Waals surface area contributed by atoms with Gasteiger partial charge < -0.3 is 9.88 Å². The highest BCUT2D eigenvalue weighted by molar-refractivity contribution is 5.37. The molecule has 17 heavy (non-hydrogen) atoms. The topological polar surface area (TPSA) is 68.5 Å². The number of anilines is 1. The van der Waals surface area contributed by atoms with Gasteiger partial charge in [0.1, 0.15) is 12.7 Å². The van der Waals surface area contributed by atoms with Crippen molar-refractivity contribution in [2.24, 2.45) is 7.05 Å². The summed E-state index contributed by atoms with van der Waals surface area (Å²) >= 11 is 0. The van der Waals surface area contributed by atoms with Crippen LogP contribution in [-0.4, -0.2) is 24.7 Å². The normalized spacial score (nSPS) is 10.5. The van der Waals surface area contributed by atoms with Crippen LogP contribution < -0.4 is 5.32 Å². The minimum Gasteiger partial charge on any atom is -0.360 e. The lowest BCUT2D eigenvalue weighted by Gasteiger charge is -2.07. The van der Waals surface area contributed by atoms with E-state index in [1.54, 1.807) is 10.9 Å². The second kappa shape index (κ2) is 4.86. The minimum absolute atomic E-state index is 0.194. The van der Waals surface area contributed by atoms with Crippen LogP contribution in [0.25, 0.3) is 0 Å². The zero-order chi connectivity index (χ0) is 12.3. The predicted octanol–water partition coefficient (Wildman–Crippen LogP) is 0.919. The van der Waals surface area contributed by atoms with Crippen molar-refractivity contribution in [2.75, 3.05) is 5.32 Å². The fourth-order valence-electron chi connectivity index (χ4n) is 1.41. The lowest BCUT2D eigenvalue weighted by molar-refractivity contribution is 0.596. The molecule has 0 unspecified atom stereocenters. The Morgan fingerprint density at radius 3 is 2.88 bits per heavy atom. The molecular weight excluding hydrogens is 223 g/mol. The van der Waals surface area contributed by atoms with E-state index in [-0.39, 0.29) is 5.82 Å². The molecule has 2 aromatic rings. The van der Waals surface area contributed by atoms with E-state index in [0.29, 0.717) is 24.5 Å². The summed E-state index contributed by atoms with van der Waals surface area (Å²) in [6.45, 7) is 2.21. The van der Waals surface area contributed by atoms with Crippen molar-refractivity contribution < 1.29 is 4.39 Å². The van der Waals surface area contributed by atoms with Crippen LogP contribution in [0.5, 0.6) is 0 Å². The van der Waals surface area contributed by atoms with Gasteiger partial charge >= 0.3 is 0 Å². The zero-order valence-electron chi connectivity index (χ0n) is 9.68. The largest absolute Gasteiger partial charge is 0.360 e. The molecule has 0 atom stereocenters. The second-order valence-electron chi connectivity index (χ2n) is 3.55. The van der Waals surface area contributed by atoms with Crippen molar-refractivity contribution in [3.05, 3.63) is 30.0 Å². The predicted molar refractivity (Wildman–Crippen MR) is 59.7 cm³/mol. The van der Waals surface area contributed by atoms with E-state index in [1.807, 2.05) is 14.0 Å². The van der Waals surface area contributed by atoms with Gasteiger partial charge in [-0.1, -0.05) is 6.92 Å². The molecule has 0 aromatic carbocycles. The fraction of sp³-hybridized carbons (Fsp3) is 0.400. The van der Waals surface area contributed by atoms with Gasteiger partial charge in [-0.15, -0.1) is 10.2 Å². The molecule has 0 fully saturated rings. The number of halogens is 1. The van der Waals surface area contributed by atoms with Crippen LogP contribution >= 0.6 is 0 Å². The third-order valence-corrected chi connectivity index (χ3v) is 2.42. The van der Waals surface area contributed by atoms with E-state index < -0.39 is 5.82 Å². The molecule has 0 saturated carbocycles. The first-order chi connectivity index (χ1) is 8.22. The van der Waals surface area contributed by atoms with Gasteiger partial charge in [-0.25, -0.2) is 14.4 Å². The SMILES string of the molecule is CCc1ncnc(NCc2nncn2C)c1F. The Balaban J connectivity index is 2.12. The van der Waals surface area contributed by atoms with Crippen molar-refractivity contribution in [2.45, 2.75) is 19.9 Å². The van der Waals surface area contributed by atoms with Crippen molar-refractivity contribution >= 4 is 5.82 Å². The summed E-state index contributed by atoms with van der Waals surface area (Å²) in [7, 11) is 1.82. The first-order valence-electron chi connectivity index (χ1n) is 5.28. The van der Waals surface area contributed by atoms with Crippen LogP contribution in [0, 0.1) is 5.82 Å². The lowest BCUT2D eigenvalue weighted by Crippen LogP contribution is -2.10. The van der Waals surface area contributed by atoms with E-state index in [0.717, 1.165) is 0 Å². The summed E-state index contributed by atoms with van der Waals surface area (Å²) < 4.78 is 15.5. The first-order valence-corrected chi connectivity index (χ1v) is 5.28. The summed E-state index contributed by atoms with van der Waals surface area (Å²) in [5.74, 6) is 0.498. The number of nitrogens with zero attached hydrogens (tertiary/aromatic N) is 5. The third kappa shape index (κ3) is 2.38. The molecule has 0 aliphatic heterocycles. The van der Waals surface area contributed by atoms with Crippen LogP contribution in [-0.2, 0) is 20.0 Å². The van der Waals surface area contributed by atoms with Gasteiger partial charge in [-0.3, -0.25) is 0 Å². The molecule has 6 nitrogen and oxygen atoms in total. The average Bonchev–Trinajstić information content (AvgIpc) is 2.74. The van der Waals surface area contributed by atoms with Gasteiger partial charge in [0, 0.05) is 7.05 Å². The Morgan fingerprint density at radius 1 is 1.41 bits per heavy atom. The third-order valence-electron chi connectivity index (χ3n) is 2.42. The summed E-state index contributed by atoms with van der Waals surface area (Å²) in [5, 5.41) is 10.5. The molecule has 2 rings (SSSR count). The molecule has 7 heteroatoms. The Labute approximate surface area is 97.9 Å². The highest BCUT2D eigenvalue weighted by Gasteiger charge is 2.10. The summed E-state index contributed by atoms with van der Waals surface area (Å²) in [6, 6.07) is 0. The van der Waals surface area contributed by atoms with Gasteiger partial charge in [-0.05, 0) is 6.42 Å². The Hall–Kier alpha value is -2.05. The number of aryl methyl sites for hydroxylation is 2. The minimum atomic E-state index is -0.405. The number of rotatable bonds is 4. The Bertz CT molecular complexity index is 509. The van der Waals surface area contributed by atoms with Crippen molar-refractivity contribution in [3.8, 4) is 0 Å². The monoisotopic (exact) mass is 236 g/mol. The van der Waals surface area contributed by atoms with Gasteiger partial charge in [0.05, 0.1) is 12.2 Å². The van der Waals surface area contributed by atoms with Gasteiger partial charge in [-0.2, -0.15) is 0 Å². The molecule has 0 spiro atoms. The summed E-state index contributed by atoms with van der Waals surface area (Å²) in [6.07, 6.45) is 3.47. The van der Waals surface area contributed by atoms with E-state index in [4.69, 9.17) is 0 Å². The molecule has 0 aliphatic rings. The molecule has 1 N–H and O–H groups in total.